The number of Topliss-reactive ketones (excluding diaryl/α,β-unsaturated/α-hetero) is 1. The Balaban J connectivity index is 2.22. The summed E-state index contributed by atoms with van der Waals surface area (Å²) >= 11 is 0. The molecule has 1 aromatic heterocycles. The average Bonchev–Trinajstić information content (AvgIpc) is 2.63. The number of nitrogens with zero attached hydrogens (tertiary/aromatic N) is 3. The third-order valence-electron chi connectivity index (χ3n) is 4.03. The van der Waals surface area contributed by atoms with Crippen LogP contribution in [0.5, 0.6) is 0 Å². The van der Waals surface area contributed by atoms with Crippen LogP contribution in [0.2, 0.25) is 0 Å². The smallest absolute Gasteiger partial charge is 0.257 e. The van der Waals surface area contributed by atoms with Crippen LogP contribution in [0.15, 0.2) is 0 Å². The van der Waals surface area contributed by atoms with Crippen LogP contribution in [-0.2, 0) is 11.8 Å². The van der Waals surface area contributed by atoms with E-state index in [1.807, 2.05) is 27.8 Å². The fraction of sp³-hybridized carbons (Fsp3) is 0.643. The zero-order chi connectivity index (χ0) is 14.2. The summed E-state index contributed by atoms with van der Waals surface area (Å²) in [6.45, 7) is 6.83. The van der Waals surface area contributed by atoms with Crippen molar-refractivity contribution in [1.29, 1.82) is 0 Å². The summed E-state index contributed by atoms with van der Waals surface area (Å²) < 4.78 is 1.73. The number of piperidine rings is 1. The Morgan fingerprint density at radius 3 is 2.63 bits per heavy atom. The predicted molar refractivity (Wildman–Crippen MR) is 72.0 cm³/mol. The van der Waals surface area contributed by atoms with E-state index in [0.29, 0.717) is 25.1 Å². The number of hydrogen-bond donors (Lipinski definition) is 0. The van der Waals surface area contributed by atoms with E-state index in [1.54, 1.807) is 9.58 Å². The van der Waals surface area contributed by atoms with Crippen molar-refractivity contribution >= 4 is 11.7 Å². The van der Waals surface area contributed by atoms with E-state index >= 15 is 0 Å². The van der Waals surface area contributed by atoms with Crippen LogP contribution in [-0.4, -0.2) is 39.5 Å². The summed E-state index contributed by atoms with van der Waals surface area (Å²) in [5.74, 6) is 0.287. The molecule has 1 fully saturated rings. The lowest BCUT2D eigenvalue weighted by Crippen LogP contribution is -2.44. The van der Waals surface area contributed by atoms with Gasteiger partial charge in [-0.05, 0) is 20.3 Å². The summed E-state index contributed by atoms with van der Waals surface area (Å²) in [5.41, 5.74) is 2.33. The van der Waals surface area contributed by atoms with Gasteiger partial charge >= 0.3 is 0 Å². The molecule has 1 aliphatic heterocycles. The highest BCUT2D eigenvalue weighted by atomic mass is 16.2. The molecule has 1 aliphatic rings. The van der Waals surface area contributed by atoms with Gasteiger partial charge in [0.05, 0.1) is 11.3 Å². The maximum absolute atomic E-state index is 12.6. The summed E-state index contributed by atoms with van der Waals surface area (Å²) in [6, 6.07) is 0. The van der Waals surface area contributed by atoms with Crippen molar-refractivity contribution in [2.45, 2.75) is 33.6 Å². The number of amides is 1. The zero-order valence-corrected chi connectivity index (χ0v) is 12.1. The Kier molecular flexibility index (Phi) is 3.73. The van der Waals surface area contributed by atoms with Gasteiger partial charge in [0.25, 0.3) is 5.91 Å². The van der Waals surface area contributed by atoms with Gasteiger partial charge in [0.1, 0.15) is 5.78 Å². The Labute approximate surface area is 113 Å². The molecular formula is C14H21N3O2. The van der Waals surface area contributed by atoms with Gasteiger partial charge < -0.3 is 4.90 Å². The molecule has 0 saturated carbocycles. The lowest BCUT2D eigenvalue weighted by Gasteiger charge is -2.31. The first-order valence-corrected chi connectivity index (χ1v) is 6.77. The number of likely N-dealkylation sites (tertiary alicyclic amines) is 1. The summed E-state index contributed by atoms with van der Waals surface area (Å²) in [4.78, 5) is 26.1. The first-order valence-electron chi connectivity index (χ1n) is 6.77. The summed E-state index contributed by atoms with van der Waals surface area (Å²) in [6.07, 6.45) is 1.27. The minimum absolute atomic E-state index is 0.00464. The quantitative estimate of drug-likeness (QED) is 0.812. The fourth-order valence-electron chi connectivity index (χ4n) is 2.69. The molecule has 1 atom stereocenters. The van der Waals surface area contributed by atoms with Crippen molar-refractivity contribution in [1.82, 2.24) is 14.7 Å². The second-order valence-electron chi connectivity index (χ2n) is 5.24. The van der Waals surface area contributed by atoms with E-state index < -0.39 is 0 Å². The third kappa shape index (κ3) is 2.41. The first-order chi connectivity index (χ1) is 8.95. The van der Waals surface area contributed by atoms with E-state index in [1.165, 1.54) is 0 Å². The topological polar surface area (TPSA) is 55.2 Å². The van der Waals surface area contributed by atoms with Crippen molar-refractivity contribution in [2.75, 3.05) is 13.1 Å². The highest BCUT2D eigenvalue weighted by Crippen LogP contribution is 2.21. The Bertz CT molecular complexity index is 519. The molecular weight excluding hydrogens is 242 g/mol. The number of carbonyl (C=O) groups excluding carboxylic acids is 2. The maximum atomic E-state index is 12.6. The third-order valence-corrected chi connectivity index (χ3v) is 4.03. The number of aryl methyl sites for hydroxylation is 2. The molecule has 0 aliphatic carbocycles. The van der Waals surface area contributed by atoms with Crippen LogP contribution in [0, 0.1) is 19.8 Å². The molecule has 19 heavy (non-hydrogen) atoms. The minimum atomic E-state index is -0.00464. The highest BCUT2D eigenvalue weighted by Gasteiger charge is 2.31. The molecule has 2 heterocycles. The molecule has 0 aromatic carbocycles. The monoisotopic (exact) mass is 263 g/mol. The molecule has 0 radical (unpaired) electrons. The van der Waals surface area contributed by atoms with Gasteiger partial charge in [-0.15, -0.1) is 0 Å². The van der Waals surface area contributed by atoms with Crippen molar-refractivity contribution < 1.29 is 9.59 Å². The lowest BCUT2D eigenvalue weighted by molar-refractivity contribution is -0.125. The van der Waals surface area contributed by atoms with Gasteiger partial charge in [-0.3, -0.25) is 14.3 Å². The molecule has 0 bridgehead atoms. The van der Waals surface area contributed by atoms with Gasteiger partial charge in [0.2, 0.25) is 0 Å². The van der Waals surface area contributed by atoms with Crippen molar-refractivity contribution in [2.24, 2.45) is 13.0 Å². The molecule has 1 unspecified atom stereocenters. The Morgan fingerprint density at radius 1 is 1.42 bits per heavy atom. The lowest BCUT2D eigenvalue weighted by atomic mass is 9.93. The van der Waals surface area contributed by atoms with Crippen LogP contribution >= 0.6 is 0 Å². The van der Waals surface area contributed by atoms with Crippen LogP contribution in [0.25, 0.3) is 0 Å². The number of aromatic nitrogens is 2. The molecule has 0 spiro atoms. The van der Waals surface area contributed by atoms with Crippen LogP contribution in [0.3, 0.4) is 0 Å². The van der Waals surface area contributed by atoms with Crippen LogP contribution < -0.4 is 0 Å². The minimum Gasteiger partial charge on any atom is -0.337 e. The van der Waals surface area contributed by atoms with Crippen LogP contribution in [0.4, 0.5) is 0 Å². The number of rotatable bonds is 2. The molecule has 5 heteroatoms. The Morgan fingerprint density at radius 2 is 2.11 bits per heavy atom. The molecule has 2 rings (SSSR count). The van der Waals surface area contributed by atoms with Gasteiger partial charge in [-0.1, -0.05) is 6.92 Å². The molecule has 0 N–H and O–H groups in total. The van der Waals surface area contributed by atoms with Gasteiger partial charge in [0.15, 0.2) is 0 Å². The van der Waals surface area contributed by atoms with E-state index in [-0.39, 0.29) is 17.6 Å². The van der Waals surface area contributed by atoms with Gasteiger partial charge in [-0.2, -0.15) is 5.10 Å². The predicted octanol–water partition coefficient (Wildman–Crippen LogP) is 1.48. The number of carbonyl (C=O) groups is 2. The average molecular weight is 263 g/mol. The molecule has 1 saturated heterocycles. The van der Waals surface area contributed by atoms with E-state index in [0.717, 1.165) is 17.8 Å². The Hall–Kier alpha value is -1.65. The molecule has 1 amide bonds. The zero-order valence-electron chi connectivity index (χ0n) is 12.1. The second-order valence-corrected chi connectivity index (χ2v) is 5.24. The standard InChI is InChI=1S/C14H21N3O2/c1-5-11-8-17(7-6-12(11)18)14(19)13-9(2)15-16(4)10(13)3/h11H,5-8H2,1-4H3. The normalized spacial score (nSPS) is 19.9. The van der Waals surface area contributed by atoms with Gasteiger partial charge in [0, 0.05) is 38.2 Å². The van der Waals surface area contributed by atoms with Crippen LogP contribution in [0.1, 0.15) is 41.5 Å². The second kappa shape index (κ2) is 5.15. The van der Waals surface area contributed by atoms with E-state index in [4.69, 9.17) is 0 Å². The maximum Gasteiger partial charge on any atom is 0.257 e. The SMILES string of the molecule is CCC1CN(C(=O)c2c(C)nn(C)c2C)CCC1=O. The molecule has 1 aromatic rings. The highest BCUT2D eigenvalue weighted by molar-refractivity contribution is 5.97. The van der Waals surface area contributed by atoms with Crippen molar-refractivity contribution in [3.05, 3.63) is 17.0 Å². The van der Waals surface area contributed by atoms with Crippen molar-refractivity contribution in [3.8, 4) is 0 Å². The molecule has 5 nitrogen and oxygen atoms in total. The molecule has 104 valence electrons. The van der Waals surface area contributed by atoms with E-state index in [2.05, 4.69) is 5.10 Å². The summed E-state index contributed by atoms with van der Waals surface area (Å²) in [7, 11) is 1.84. The number of hydrogen-bond acceptors (Lipinski definition) is 3. The fourth-order valence-corrected chi connectivity index (χ4v) is 2.69. The largest absolute Gasteiger partial charge is 0.337 e. The number of ketones is 1. The summed E-state index contributed by atoms with van der Waals surface area (Å²) in [5, 5.41) is 4.28. The van der Waals surface area contributed by atoms with Gasteiger partial charge in [-0.25, -0.2) is 0 Å². The van der Waals surface area contributed by atoms with Crippen molar-refractivity contribution in [3.63, 3.8) is 0 Å². The van der Waals surface area contributed by atoms with E-state index in [9.17, 15) is 9.59 Å². The first kappa shape index (κ1) is 13.8.